The van der Waals surface area contributed by atoms with Crippen LogP contribution in [0.1, 0.15) is 43.5 Å². The van der Waals surface area contributed by atoms with Gasteiger partial charge in [0.2, 0.25) is 0 Å². The minimum absolute atomic E-state index is 0.139. The van der Waals surface area contributed by atoms with Crippen molar-refractivity contribution in [2.75, 3.05) is 13.1 Å². The number of hydrogen-bond acceptors (Lipinski definition) is 3. The molecule has 0 spiro atoms. The molecule has 0 unspecified atom stereocenters. The Bertz CT molecular complexity index is 492. The zero-order valence-electron chi connectivity index (χ0n) is 11.7. The lowest BCUT2D eigenvalue weighted by molar-refractivity contribution is 0.0729. The summed E-state index contributed by atoms with van der Waals surface area (Å²) in [6.07, 6.45) is 2.33. The van der Waals surface area contributed by atoms with E-state index in [-0.39, 0.29) is 5.91 Å². The Labute approximate surface area is 134 Å². The maximum atomic E-state index is 12.5. The van der Waals surface area contributed by atoms with Crippen molar-refractivity contribution in [3.63, 3.8) is 0 Å². The van der Waals surface area contributed by atoms with Crippen LogP contribution in [-0.2, 0) is 0 Å². The van der Waals surface area contributed by atoms with Crippen LogP contribution in [0.15, 0.2) is 6.07 Å². The van der Waals surface area contributed by atoms with E-state index in [2.05, 4.69) is 19.9 Å². The standard InChI is InChI=1S/C14H18Cl2N2OS/c1-3-10(4-2)9-18(7-5-6-17)14(19)11-8-12(15)20-13(11)16/h8,10H,3-5,7,9H2,1-2H3. The van der Waals surface area contributed by atoms with Gasteiger partial charge in [0.1, 0.15) is 4.34 Å². The maximum absolute atomic E-state index is 12.5. The van der Waals surface area contributed by atoms with Crippen LogP contribution in [0.3, 0.4) is 0 Å². The summed E-state index contributed by atoms with van der Waals surface area (Å²) in [5, 5.41) is 8.74. The van der Waals surface area contributed by atoms with Gasteiger partial charge in [-0.05, 0) is 12.0 Å². The van der Waals surface area contributed by atoms with E-state index in [0.29, 0.717) is 39.7 Å². The van der Waals surface area contributed by atoms with Gasteiger partial charge in [-0.1, -0.05) is 49.9 Å². The van der Waals surface area contributed by atoms with Crippen LogP contribution in [0, 0.1) is 17.2 Å². The number of hydrogen-bond donors (Lipinski definition) is 0. The third-order valence-corrected chi connectivity index (χ3v) is 4.79. The van der Waals surface area contributed by atoms with Gasteiger partial charge in [-0.25, -0.2) is 0 Å². The number of halogens is 2. The molecule has 3 nitrogen and oxygen atoms in total. The first kappa shape index (κ1) is 17.3. The largest absolute Gasteiger partial charge is 0.337 e. The third-order valence-electron chi connectivity index (χ3n) is 3.30. The van der Waals surface area contributed by atoms with Gasteiger partial charge < -0.3 is 4.90 Å². The van der Waals surface area contributed by atoms with E-state index in [9.17, 15) is 4.79 Å². The molecule has 0 aliphatic heterocycles. The molecule has 0 saturated carbocycles. The minimum Gasteiger partial charge on any atom is -0.337 e. The van der Waals surface area contributed by atoms with Crippen molar-refractivity contribution in [2.24, 2.45) is 5.92 Å². The van der Waals surface area contributed by atoms with Gasteiger partial charge in [0.25, 0.3) is 5.91 Å². The molecule has 0 aliphatic rings. The molecular formula is C14H18Cl2N2OS. The smallest absolute Gasteiger partial charge is 0.256 e. The number of nitrogens with zero attached hydrogens (tertiary/aromatic N) is 2. The van der Waals surface area contributed by atoms with Crippen LogP contribution in [0.4, 0.5) is 0 Å². The van der Waals surface area contributed by atoms with Crippen LogP contribution in [0.25, 0.3) is 0 Å². The zero-order valence-corrected chi connectivity index (χ0v) is 14.0. The molecule has 1 heterocycles. The van der Waals surface area contributed by atoms with E-state index >= 15 is 0 Å². The van der Waals surface area contributed by atoms with Crippen molar-refractivity contribution in [3.8, 4) is 6.07 Å². The molecule has 1 aromatic heterocycles. The molecule has 110 valence electrons. The second kappa shape index (κ2) is 8.51. The van der Waals surface area contributed by atoms with Crippen molar-refractivity contribution >= 4 is 40.4 Å². The summed E-state index contributed by atoms with van der Waals surface area (Å²) in [4.78, 5) is 14.2. The summed E-state index contributed by atoms with van der Waals surface area (Å²) < 4.78 is 0.910. The molecule has 0 atom stereocenters. The van der Waals surface area contributed by atoms with E-state index in [4.69, 9.17) is 28.5 Å². The monoisotopic (exact) mass is 332 g/mol. The molecule has 20 heavy (non-hydrogen) atoms. The SMILES string of the molecule is CCC(CC)CN(CCC#N)C(=O)c1cc(Cl)sc1Cl. The van der Waals surface area contributed by atoms with E-state index in [1.54, 1.807) is 11.0 Å². The van der Waals surface area contributed by atoms with Gasteiger partial charge in [0, 0.05) is 13.1 Å². The second-order valence-electron chi connectivity index (χ2n) is 4.58. The van der Waals surface area contributed by atoms with Gasteiger partial charge in [0.15, 0.2) is 0 Å². The molecule has 0 N–H and O–H groups in total. The van der Waals surface area contributed by atoms with Crippen molar-refractivity contribution < 1.29 is 4.79 Å². The van der Waals surface area contributed by atoms with E-state index < -0.39 is 0 Å². The van der Waals surface area contributed by atoms with Gasteiger partial charge in [-0.3, -0.25) is 4.79 Å². The Balaban J connectivity index is 2.89. The summed E-state index contributed by atoms with van der Waals surface area (Å²) in [5.41, 5.74) is 0.436. The predicted octanol–water partition coefficient (Wildman–Crippen LogP) is 4.85. The summed E-state index contributed by atoms with van der Waals surface area (Å²) in [6.45, 7) is 5.29. The maximum Gasteiger partial charge on any atom is 0.256 e. The summed E-state index contributed by atoms with van der Waals surface area (Å²) in [5.74, 6) is 0.297. The lowest BCUT2D eigenvalue weighted by Gasteiger charge is -2.26. The number of rotatable bonds is 7. The predicted molar refractivity (Wildman–Crippen MR) is 84.5 cm³/mol. The molecule has 0 radical (unpaired) electrons. The third kappa shape index (κ3) is 4.66. The molecule has 0 fully saturated rings. The highest BCUT2D eigenvalue weighted by Gasteiger charge is 2.22. The van der Waals surface area contributed by atoms with E-state index in [0.717, 1.165) is 12.8 Å². The van der Waals surface area contributed by atoms with Crippen molar-refractivity contribution in [1.29, 1.82) is 5.26 Å². The average Bonchev–Trinajstić information content (AvgIpc) is 2.77. The molecular weight excluding hydrogens is 315 g/mol. The highest BCUT2D eigenvalue weighted by molar-refractivity contribution is 7.20. The van der Waals surface area contributed by atoms with Crippen LogP contribution >= 0.6 is 34.5 Å². The quantitative estimate of drug-likeness (QED) is 0.716. The number of amides is 1. The Morgan fingerprint density at radius 3 is 2.55 bits per heavy atom. The fourth-order valence-corrected chi connectivity index (χ4v) is 3.42. The van der Waals surface area contributed by atoms with Crippen molar-refractivity contribution in [3.05, 3.63) is 20.3 Å². The van der Waals surface area contributed by atoms with Gasteiger partial charge in [-0.15, -0.1) is 11.3 Å². The highest BCUT2D eigenvalue weighted by atomic mass is 35.5. The van der Waals surface area contributed by atoms with Crippen LogP contribution < -0.4 is 0 Å². The fraction of sp³-hybridized carbons (Fsp3) is 0.571. The Hall–Kier alpha value is -0.760. The van der Waals surface area contributed by atoms with Crippen LogP contribution in [0.2, 0.25) is 8.67 Å². The Morgan fingerprint density at radius 1 is 1.45 bits per heavy atom. The number of thiophene rings is 1. The first-order valence-electron chi connectivity index (χ1n) is 6.64. The molecule has 0 bridgehead atoms. The molecule has 1 rings (SSSR count). The molecule has 6 heteroatoms. The lowest BCUT2D eigenvalue weighted by Crippen LogP contribution is -2.36. The highest BCUT2D eigenvalue weighted by Crippen LogP contribution is 2.32. The molecule has 0 aliphatic carbocycles. The molecule has 0 saturated heterocycles. The van der Waals surface area contributed by atoms with Crippen molar-refractivity contribution in [1.82, 2.24) is 4.90 Å². The summed E-state index contributed by atoms with van der Waals surface area (Å²) >= 11 is 13.1. The number of nitriles is 1. The fourth-order valence-electron chi connectivity index (χ4n) is 1.98. The molecule has 1 aromatic rings. The minimum atomic E-state index is -0.139. The van der Waals surface area contributed by atoms with Crippen LogP contribution in [-0.4, -0.2) is 23.9 Å². The number of carbonyl (C=O) groups excluding carboxylic acids is 1. The summed E-state index contributed by atoms with van der Waals surface area (Å²) in [7, 11) is 0. The normalized spacial score (nSPS) is 10.6. The lowest BCUT2D eigenvalue weighted by atomic mass is 10.0. The van der Waals surface area contributed by atoms with Gasteiger partial charge in [0.05, 0.1) is 22.4 Å². The molecule has 1 amide bonds. The second-order valence-corrected chi connectivity index (χ2v) is 6.87. The summed E-state index contributed by atoms with van der Waals surface area (Å²) in [6, 6.07) is 3.68. The first-order chi connectivity index (χ1) is 9.53. The van der Waals surface area contributed by atoms with Crippen LogP contribution in [0.5, 0.6) is 0 Å². The first-order valence-corrected chi connectivity index (χ1v) is 8.21. The van der Waals surface area contributed by atoms with Crippen molar-refractivity contribution in [2.45, 2.75) is 33.1 Å². The molecule has 0 aromatic carbocycles. The van der Waals surface area contributed by atoms with E-state index in [1.807, 2.05) is 0 Å². The Kier molecular flexibility index (Phi) is 7.36. The average molecular weight is 333 g/mol. The Morgan fingerprint density at radius 2 is 2.10 bits per heavy atom. The number of carbonyl (C=O) groups is 1. The topological polar surface area (TPSA) is 44.1 Å². The van der Waals surface area contributed by atoms with Gasteiger partial charge >= 0.3 is 0 Å². The van der Waals surface area contributed by atoms with Gasteiger partial charge in [-0.2, -0.15) is 5.26 Å². The van der Waals surface area contributed by atoms with E-state index in [1.165, 1.54) is 11.3 Å². The zero-order chi connectivity index (χ0) is 15.1.